The summed E-state index contributed by atoms with van der Waals surface area (Å²) in [6, 6.07) is 24.9. The number of ether oxygens (including phenoxy) is 2. The van der Waals surface area contributed by atoms with E-state index >= 15 is 0 Å². The van der Waals surface area contributed by atoms with Gasteiger partial charge in [0.15, 0.2) is 6.29 Å². The number of hydrogen-bond acceptors (Lipinski definition) is 5. The number of urea groups is 1. The van der Waals surface area contributed by atoms with Gasteiger partial charge in [-0.25, -0.2) is 4.79 Å². The van der Waals surface area contributed by atoms with E-state index in [0.29, 0.717) is 12.2 Å². The van der Waals surface area contributed by atoms with E-state index in [-0.39, 0.29) is 30.8 Å². The zero-order valence-electron chi connectivity index (χ0n) is 22.0. The van der Waals surface area contributed by atoms with Crippen LogP contribution in [-0.2, 0) is 22.6 Å². The van der Waals surface area contributed by atoms with Gasteiger partial charge in [0, 0.05) is 36.8 Å². The first-order valence-corrected chi connectivity index (χ1v) is 13.0. The molecule has 1 aliphatic rings. The molecule has 7 heteroatoms. The third-order valence-electron chi connectivity index (χ3n) is 6.79. The maximum Gasteiger partial charge on any atom is 0.319 e. The van der Waals surface area contributed by atoms with Gasteiger partial charge < -0.3 is 30.1 Å². The number of aliphatic hydroxyl groups excluding tert-OH is 1. The Morgan fingerprint density at radius 1 is 0.974 bits per heavy atom. The standard InChI is InChI=1S/C31H37N3O4/c1-4-18-34(3)20-28-22(2)29(25-12-10-24(21-35)11-13-25)38-30(37-28)26-14-16-27(17-15-26)33-31(36)32-19-23-8-6-5-7-9-23/h4-17,22,28-30,35H,1,18-21H2,2-3H3,(H2,32,33,36)/t22-,28+,29+,30+/m0/s1. The first kappa shape index (κ1) is 27.5. The fourth-order valence-electron chi connectivity index (χ4n) is 4.61. The topological polar surface area (TPSA) is 83.1 Å². The molecule has 1 saturated heterocycles. The second kappa shape index (κ2) is 13.3. The molecular weight excluding hydrogens is 478 g/mol. The van der Waals surface area contributed by atoms with E-state index in [4.69, 9.17) is 9.47 Å². The fraction of sp³-hybridized carbons (Fsp3) is 0.323. The van der Waals surface area contributed by atoms with Crippen molar-refractivity contribution in [2.24, 2.45) is 5.92 Å². The van der Waals surface area contributed by atoms with E-state index in [1.165, 1.54) is 0 Å². The van der Waals surface area contributed by atoms with Crippen molar-refractivity contribution >= 4 is 11.7 Å². The number of amides is 2. The molecular formula is C31H37N3O4. The Kier molecular flexibility index (Phi) is 9.67. The second-order valence-electron chi connectivity index (χ2n) is 9.75. The number of nitrogens with zero attached hydrogens (tertiary/aromatic N) is 1. The summed E-state index contributed by atoms with van der Waals surface area (Å²) in [6.07, 6.45) is 1.08. The largest absolute Gasteiger partial charge is 0.392 e. The smallest absolute Gasteiger partial charge is 0.319 e. The first-order valence-electron chi connectivity index (χ1n) is 13.0. The number of anilines is 1. The number of aliphatic hydroxyl groups is 1. The van der Waals surface area contributed by atoms with Crippen molar-refractivity contribution in [2.45, 2.75) is 38.6 Å². The summed E-state index contributed by atoms with van der Waals surface area (Å²) in [5.74, 6) is 0.104. The van der Waals surface area contributed by atoms with E-state index in [9.17, 15) is 9.90 Å². The third kappa shape index (κ3) is 7.30. The van der Waals surface area contributed by atoms with Crippen LogP contribution in [0.25, 0.3) is 0 Å². The van der Waals surface area contributed by atoms with Crippen LogP contribution in [-0.4, -0.2) is 42.3 Å². The van der Waals surface area contributed by atoms with Crippen LogP contribution in [0.1, 0.15) is 41.6 Å². The van der Waals surface area contributed by atoms with Crippen LogP contribution < -0.4 is 10.6 Å². The average molecular weight is 516 g/mol. The van der Waals surface area contributed by atoms with Crippen molar-refractivity contribution in [2.75, 3.05) is 25.5 Å². The Morgan fingerprint density at radius 2 is 1.66 bits per heavy atom. The minimum atomic E-state index is -0.559. The van der Waals surface area contributed by atoms with Crippen molar-refractivity contribution in [1.29, 1.82) is 0 Å². The molecule has 0 unspecified atom stereocenters. The Hall–Kier alpha value is -3.49. The second-order valence-corrected chi connectivity index (χ2v) is 9.75. The van der Waals surface area contributed by atoms with Crippen molar-refractivity contribution in [3.63, 3.8) is 0 Å². The van der Waals surface area contributed by atoms with Crippen LogP contribution >= 0.6 is 0 Å². The zero-order chi connectivity index (χ0) is 26.9. The number of hydrogen-bond donors (Lipinski definition) is 3. The molecule has 2 amide bonds. The van der Waals surface area contributed by atoms with Gasteiger partial charge in [0.25, 0.3) is 0 Å². The minimum Gasteiger partial charge on any atom is -0.392 e. The highest BCUT2D eigenvalue weighted by molar-refractivity contribution is 5.89. The molecule has 4 atom stereocenters. The number of carbonyl (C=O) groups excluding carboxylic acids is 1. The van der Waals surface area contributed by atoms with Crippen LogP contribution in [0.15, 0.2) is 91.5 Å². The van der Waals surface area contributed by atoms with Crippen molar-refractivity contribution in [1.82, 2.24) is 10.2 Å². The molecule has 1 heterocycles. The lowest BCUT2D eigenvalue weighted by molar-refractivity contribution is -0.275. The van der Waals surface area contributed by atoms with Crippen LogP contribution in [0, 0.1) is 5.92 Å². The lowest BCUT2D eigenvalue weighted by atomic mass is 9.90. The maximum atomic E-state index is 12.4. The molecule has 3 aromatic carbocycles. The summed E-state index contributed by atoms with van der Waals surface area (Å²) < 4.78 is 13.0. The van der Waals surface area contributed by atoms with Crippen molar-refractivity contribution < 1.29 is 19.4 Å². The molecule has 0 aliphatic carbocycles. The molecule has 1 aliphatic heterocycles. The highest BCUT2D eigenvalue weighted by Gasteiger charge is 2.38. The van der Waals surface area contributed by atoms with Crippen LogP contribution in [0.4, 0.5) is 10.5 Å². The van der Waals surface area contributed by atoms with Gasteiger partial charge in [-0.05, 0) is 35.9 Å². The molecule has 1 fully saturated rings. The van der Waals surface area contributed by atoms with E-state index in [0.717, 1.165) is 35.3 Å². The SMILES string of the molecule is C=CCN(C)C[C@H]1O[C@@H](c2ccc(NC(=O)NCc3ccccc3)cc2)O[C@@H](c2ccc(CO)cc2)[C@H]1C. The maximum absolute atomic E-state index is 12.4. The summed E-state index contributed by atoms with van der Waals surface area (Å²) in [5, 5.41) is 15.2. The molecule has 38 heavy (non-hydrogen) atoms. The van der Waals surface area contributed by atoms with Gasteiger partial charge in [-0.2, -0.15) is 0 Å². The lowest BCUT2D eigenvalue weighted by Crippen LogP contribution is -2.43. The molecule has 0 bridgehead atoms. The molecule has 3 N–H and O–H groups in total. The minimum absolute atomic E-state index is 0.00668. The summed E-state index contributed by atoms with van der Waals surface area (Å²) in [4.78, 5) is 14.5. The number of carbonyl (C=O) groups is 1. The van der Waals surface area contributed by atoms with Gasteiger partial charge in [0.05, 0.1) is 18.8 Å². The van der Waals surface area contributed by atoms with E-state index in [1.807, 2.05) is 84.9 Å². The predicted molar refractivity (Wildman–Crippen MR) is 149 cm³/mol. The summed E-state index contributed by atoms with van der Waals surface area (Å²) in [6.45, 7) is 7.96. The van der Waals surface area contributed by atoms with Crippen LogP contribution in [0.3, 0.4) is 0 Å². The quantitative estimate of drug-likeness (QED) is 0.315. The Morgan fingerprint density at radius 3 is 2.32 bits per heavy atom. The number of rotatable bonds is 10. The van der Waals surface area contributed by atoms with Gasteiger partial charge in [-0.3, -0.25) is 0 Å². The summed E-state index contributed by atoms with van der Waals surface area (Å²) >= 11 is 0. The fourth-order valence-corrected chi connectivity index (χ4v) is 4.61. The molecule has 0 aromatic heterocycles. The highest BCUT2D eigenvalue weighted by atomic mass is 16.7. The Bertz CT molecular complexity index is 1170. The summed E-state index contributed by atoms with van der Waals surface area (Å²) in [5.41, 5.74) is 4.51. The number of nitrogens with one attached hydrogen (secondary N) is 2. The predicted octanol–water partition coefficient (Wildman–Crippen LogP) is 5.41. The van der Waals surface area contributed by atoms with Gasteiger partial charge in [-0.1, -0.05) is 79.7 Å². The van der Waals surface area contributed by atoms with Gasteiger partial charge >= 0.3 is 6.03 Å². The van der Waals surface area contributed by atoms with E-state index < -0.39 is 6.29 Å². The van der Waals surface area contributed by atoms with Crippen LogP contribution in [0.5, 0.6) is 0 Å². The van der Waals surface area contributed by atoms with Crippen LogP contribution in [0.2, 0.25) is 0 Å². The Balaban J connectivity index is 1.45. The number of likely N-dealkylation sites (N-methyl/N-ethyl adjacent to an activating group) is 1. The zero-order valence-corrected chi connectivity index (χ0v) is 22.0. The molecule has 0 spiro atoms. The molecule has 0 radical (unpaired) electrons. The normalized spacial score (nSPS) is 21.2. The molecule has 7 nitrogen and oxygen atoms in total. The Labute approximate surface area is 225 Å². The van der Waals surface area contributed by atoms with Crippen molar-refractivity contribution in [3.05, 3.63) is 114 Å². The van der Waals surface area contributed by atoms with Crippen molar-refractivity contribution in [3.8, 4) is 0 Å². The molecule has 0 saturated carbocycles. The van der Waals surface area contributed by atoms with Gasteiger partial charge in [-0.15, -0.1) is 6.58 Å². The van der Waals surface area contributed by atoms with Gasteiger partial charge in [0.1, 0.15) is 0 Å². The highest BCUT2D eigenvalue weighted by Crippen LogP contribution is 2.41. The van der Waals surface area contributed by atoms with E-state index in [2.05, 4.69) is 36.1 Å². The average Bonchev–Trinajstić information content (AvgIpc) is 2.94. The number of benzene rings is 3. The first-order chi connectivity index (χ1) is 18.5. The van der Waals surface area contributed by atoms with E-state index in [1.54, 1.807) is 0 Å². The monoisotopic (exact) mass is 515 g/mol. The summed E-state index contributed by atoms with van der Waals surface area (Å²) in [7, 11) is 2.05. The molecule has 4 rings (SSSR count). The third-order valence-corrected chi connectivity index (χ3v) is 6.79. The van der Waals surface area contributed by atoms with Gasteiger partial charge in [0.2, 0.25) is 0 Å². The molecule has 3 aromatic rings. The molecule has 200 valence electrons. The lowest BCUT2D eigenvalue weighted by Gasteiger charge is -2.42.